The first-order chi connectivity index (χ1) is 10.7. The molecule has 0 spiro atoms. The molecule has 1 aliphatic rings. The van der Waals surface area contributed by atoms with Crippen molar-refractivity contribution < 1.29 is 27.5 Å². The summed E-state index contributed by atoms with van der Waals surface area (Å²) in [6.07, 6.45) is 0. The van der Waals surface area contributed by atoms with Crippen LogP contribution in [0.3, 0.4) is 0 Å². The van der Waals surface area contributed by atoms with Crippen molar-refractivity contribution in [3.63, 3.8) is 0 Å². The number of hydrogen-bond donors (Lipinski definition) is 1. The van der Waals surface area contributed by atoms with E-state index < -0.39 is 48.3 Å². The number of nitro benzene ring substituents is 1. The van der Waals surface area contributed by atoms with Gasteiger partial charge in [0.25, 0.3) is 15.8 Å². The second-order valence-corrected chi connectivity index (χ2v) is 6.16. The molecule has 0 saturated carbocycles. The van der Waals surface area contributed by atoms with Gasteiger partial charge in [0.1, 0.15) is 10.5 Å². The van der Waals surface area contributed by atoms with Crippen molar-refractivity contribution in [1.29, 1.82) is 0 Å². The van der Waals surface area contributed by atoms with Crippen LogP contribution in [0.4, 0.5) is 5.69 Å². The van der Waals surface area contributed by atoms with Gasteiger partial charge in [0.05, 0.1) is 10.5 Å². The van der Waals surface area contributed by atoms with Crippen LogP contribution in [-0.4, -0.2) is 80.8 Å². The average molecular weight is 372 g/mol. The Hall–Kier alpha value is -1.27. The van der Waals surface area contributed by atoms with E-state index in [1.807, 2.05) is 0 Å². The molecule has 24 heavy (non-hydrogen) atoms. The van der Waals surface area contributed by atoms with Gasteiger partial charge in [0.15, 0.2) is 5.78 Å². The van der Waals surface area contributed by atoms with Crippen LogP contribution in [0.15, 0.2) is 41.3 Å². The number of rotatable bonds is 2. The Morgan fingerprint density at radius 3 is 2.00 bits per heavy atom. The van der Waals surface area contributed by atoms with Crippen LogP contribution < -0.4 is 0 Å². The van der Waals surface area contributed by atoms with Gasteiger partial charge in [-0.1, -0.05) is 18.2 Å². The molecule has 10 heteroatoms. The maximum Gasteiger partial charge on any atom is 0.295 e. The Labute approximate surface area is 178 Å². The van der Waals surface area contributed by atoms with Gasteiger partial charge >= 0.3 is 0 Å². The molecule has 3 rings (SSSR count). The molecular formula is C14H7KNO7S. The second kappa shape index (κ2) is 6.56. The zero-order valence-corrected chi connectivity index (χ0v) is 16.2. The fourth-order valence-corrected chi connectivity index (χ4v) is 3.27. The minimum Gasteiger partial charge on any atom is -0.289 e. The summed E-state index contributed by atoms with van der Waals surface area (Å²) in [7, 11) is -4.78. The van der Waals surface area contributed by atoms with Gasteiger partial charge in [-0.15, -0.1) is 0 Å². The number of nitro groups is 1. The Morgan fingerprint density at radius 2 is 1.46 bits per heavy atom. The van der Waals surface area contributed by atoms with E-state index in [2.05, 4.69) is 0 Å². The van der Waals surface area contributed by atoms with E-state index in [1.165, 1.54) is 24.3 Å². The minimum absolute atomic E-state index is 0. The smallest absolute Gasteiger partial charge is 0.289 e. The number of carbonyl (C=O) groups excluding carboxylic acids is 2. The Bertz CT molecular complexity index is 1010. The van der Waals surface area contributed by atoms with Crippen LogP contribution in [-0.2, 0) is 10.1 Å². The van der Waals surface area contributed by atoms with E-state index in [0.717, 1.165) is 12.1 Å². The van der Waals surface area contributed by atoms with Crippen molar-refractivity contribution in [2.24, 2.45) is 0 Å². The molecule has 2 aromatic rings. The first-order valence-corrected chi connectivity index (χ1v) is 7.65. The molecule has 0 aromatic heterocycles. The topological polar surface area (TPSA) is 132 Å². The summed E-state index contributed by atoms with van der Waals surface area (Å²) >= 11 is 0. The van der Waals surface area contributed by atoms with Crippen LogP contribution in [0.2, 0.25) is 0 Å². The number of hydrogen-bond acceptors (Lipinski definition) is 6. The average Bonchev–Trinajstić information content (AvgIpc) is 2.50. The summed E-state index contributed by atoms with van der Waals surface area (Å²) in [5.74, 6) is -1.71. The van der Waals surface area contributed by atoms with Crippen molar-refractivity contribution in [2.45, 2.75) is 4.90 Å². The Morgan fingerprint density at radius 1 is 0.917 bits per heavy atom. The molecule has 0 amide bonds. The third-order valence-electron chi connectivity index (χ3n) is 3.49. The summed E-state index contributed by atoms with van der Waals surface area (Å²) in [5, 5.41) is 11.1. The molecule has 117 valence electrons. The molecule has 0 bridgehead atoms. The maximum absolute atomic E-state index is 12.6. The van der Waals surface area contributed by atoms with E-state index in [4.69, 9.17) is 0 Å². The Balaban J connectivity index is 0.00000208. The van der Waals surface area contributed by atoms with Crippen molar-refractivity contribution >= 4 is 78.8 Å². The summed E-state index contributed by atoms with van der Waals surface area (Å²) in [6, 6.07) is 6.96. The van der Waals surface area contributed by atoms with Crippen molar-refractivity contribution in [3.05, 3.63) is 68.8 Å². The zero-order valence-electron chi connectivity index (χ0n) is 12.2. The summed E-state index contributed by atoms with van der Waals surface area (Å²) in [5.41, 5.74) is -2.04. The third kappa shape index (κ3) is 2.90. The largest absolute Gasteiger partial charge is 0.295 e. The Kier molecular flexibility index (Phi) is 5.21. The molecule has 1 N–H and O–H groups in total. The van der Waals surface area contributed by atoms with E-state index >= 15 is 0 Å². The minimum atomic E-state index is -4.78. The first-order valence-electron chi connectivity index (χ1n) is 6.21. The van der Waals surface area contributed by atoms with Gasteiger partial charge in [-0.2, -0.15) is 8.42 Å². The third-order valence-corrected chi connectivity index (χ3v) is 4.38. The van der Waals surface area contributed by atoms with Gasteiger partial charge in [-0.3, -0.25) is 24.3 Å². The first kappa shape index (κ1) is 19.1. The number of carbonyl (C=O) groups is 2. The maximum atomic E-state index is 12.6. The molecule has 1 aliphatic carbocycles. The molecular weight excluding hydrogens is 365 g/mol. The number of nitrogens with zero attached hydrogens (tertiary/aromatic N) is 1. The molecule has 0 atom stereocenters. The van der Waals surface area contributed by atoms with Crippen LogP contribution in [0.25, 0.3) is 0 Å². The van der Waals surface area contributed by atoms with Gasteiger partial charge in [0.2, 0.25) is 5.78 Å². The van der Waals surface area contributed by atoms with Crippen LogP contribution in [0.1, 0.15) is 31.8 Å². The summed E-state index contributed by atoms with van der Waals surface area (Å²) < 4.78 is 32.1. The van der Waals surface area contributed by atoms with E-state index in [0.29, 0.717) is 0 Å². The van der Waals surface area contributed by atoms with Crippen molar-refractivity contribution in [1.82, 2.24) is 0 Å². The molecule has 0 saturated heterocycles. The van der Waals surface area contributed by atoms with Gasteiger partial charge < -0.3 is 0 Å². The monoisotopic (exact) mass is 372 g/mol. The van der Waals surface area contributed by atoms with E-state index in [1.54, 1.807) is 0 Å². The molecule has 1 radical (unpaired) electrons. The molecule has 0 aliphatic heterocycles. The molecule has 0 fully saturated rings. The number of ketones is 2. The quantitative estimate of drug-likeness (QED) is 0.310. The van der Waals surface area contributed by atoms with Gasteiger partial charge in [-0.25, -0.2) is 0 Å². The second-order valence-electron chi connectivity index (χ2n) is 4.77. The summed E-state index contributed by atoms with van der Waals surface area (Å²) in [6.45, 7) is 0. The fraction of sp³-hybridized carbons (Fsp3) is 0. The zero-order chi connectivity index (χ0) is 16.9. The SMILES string of the molecule is O=C1c2cccc([N+](=O)[O-])c2C(=O)c2c1cccc2S(=O)(=O)O.[K]. The number of fused-ring (bicyclic) bond motifs is 2. The molecule has 2 aromatic carbocycles. The predicted molar refractivity (Wildman–Crippen MR) is 82.0 cm³/mol. The fourth-order valence-electron chi connectivity index (χ4n) is 2.56. The van der Waals surface area contributed by atoms with Crippen molar-refractivity contribution in [3.8, 4) is 0 Å². The van der Waals surface area contributed by atoms with Crippen molar-refractivity contribution in [2.75, 3.05) is 0 Å². The number of benzene rings is 2. The normalized spacial score (nSPS) is 12.9. The van der Waals surface area contributed by atoms with E-state index in [9.17, 15) is 32.7 Å². The predicted octanol–water partition coefficient (Wildman–Crippen LogP) is 1.24. The molecule has 0 unspecified atom stereocenters. The van der Waals surface area contributed by atoms with Crippen LogP contribution >= 0.6 is 0 Å². The summed E-state index contributed by atoms with van der Waals surface area (Å²) in [4.78, 5) is 34.6. The van der Waals surface area contributed by atoms with E-state index in [-0.39, 0.29) is 62.5 Å². The van der Waals surface area contributed by atoms with Crippen LogP contribution in [0.5, 0.6) is 0 Å². The molecule has 8 nitrogen and oxygen atoms in total. The van der Waals surface area contributed by atoms with Gasteiger partial charge in [-0.05, 0) is 12.1 Å². The molecule has 0 heterocycles. The standard InChI is InChI=1S/C14H7NO7S.K/c16-13-7-3-1-5-9(15(18)19)11(7)14(17)12-8(13)4-2-6-10(12)23(20,21)22;/h1-6H,(H,20,21,22);. The van der Waals surface area contributed by atoms with Crippen LogP contribution in [0, 0.1) is 10.1 Å². The van der Waals surface area contributed by atoms with Gasteiger partial charge in [0, 0.05) is 68.6 Å².